The summed E-state index contributed by atoms with van der Waals surface area (Å²) in [5.41, 5.74) is 0.635. The molecule has 6 heteroatoms. The zero-order valence-electron chi connectivity index (χ0n) is 12.9. The Morgan fingerprint density at radius 3 is 2.52 bits per heavy atom. The van der Waals surface area contributed by atoms with Crippen LogP contribution in [0.4, 0.5) is 5.69 Å². The number of hydrogen-bond acceptors (Lipinski definition) is 5. The summed E-state index contributed by atoms with van der Waals surface area (Å²) in [6.45, 7) is 4.22. The van der Waals surface area contributed by atoms with Gasteiger partial charge in [0.15, 0.2) is 0 Å². The number of ether oxygens (including phenoxy) is 2. The molecule has 116 valence electrons. The Kier molecular flexibility index (Phi) is 5.41. The molecule has 1 N–H and O–H groups in total. The average Bonchev–Trinajstić information content (AvgIpc) is 2.49. The van der Waals surface area contributed by atoms with Gasteiger partial charge in [0, 0.05) is 32.2 Å². The van der Waals surface area contributed by atoms with Crippen LogP contribution < -0.4 is 14.8 Å². The highest BCUT2D eigenvalue weighted by Gasteiger charge is 2.17. The van der Waals surface area contributed by atoms with Gasteiger partial charge in [-0.05, 0) is 19.2 Å². The zero-order valence-corrected chi connectivity index (χ0v) is 12.9. The van der Waals surface area contributed by atoms with E-state index in [-0.39, 0.29) is 5.91 Å². The van der Waals surface area contributed by atoms with Crippen molar-refractivity contribution in [2.45, 2.75) is 0 Å². The van der Waals surface area contributed by atoms with Crippen molar-refractivity contribution in [2.24, 2.45) is 0 Å². The molecule has 0 aliphatic carbocycles. The Hall–Kier alpha value is -1.79. The molecule has 0 spiro atoms. The zero-order chi connectivity index (χ0) is 15.2. The Morgan fingerprint density at radius 2 is 1.90 bits per heavy atom. The first-order chi connectivity index (χ1) is 10.1. The van der Waals surface area contributed by atoms with Crippen molar-refractivity contribution in [3.63, 3.8) is 0 Å². The lowest BCUT2D eigenvalue weighted by atomic mass is 10.2. The molecule has 1 heterocycles. The summed E-state index contributed by atoms with van der Waals surface area (Å²) < 4.78 is 10.4. The maximum Gasteiger partial charge on any atom is 0.238 e. The summed E-state index contributed by atoms with van der Waals surface area (Å²) in [7, 11) is 5.27. The van der Waals surface area contributed by atoms with Crippen molar-refractivity contribution >= 4 is 11.6 Å². The second kappa shape index (κ2) is 7.28. The summed E-state index contributed by atoms with van der Waals surface area (Å²) >= 11 is 0. The van der Waals surface area contributed by atoms with Gasteiger partial charge in [0.05, 0.1) is 26.5 Å². The van der Waals surface area contributed by atoms with Gasteiger partial charge in [-0.1, -0.05) is 0 Å². The maximum atomic E-state index is 12.2. The molecule has 1 amide bonds. The molecule has 0 bridgehead atoms. The summed E-state index contributed by atoms with van der Waals surface area (Å²) in [5, 5.41) is 2.90. The van der Waals surface area contributed by atoms with Gasteiger partial charge in [-0.25, -0.2) is 0 Å². The van der Waals surface area contributed by atoms with Crippen LogP contribution >= 0.6 is 0 Å². The molecule has 1 aromatic rings. The van der Waals surface area contributed by atoms with Crippen LogP contribution in [0.5, 0.6) is 11.5 Å². The number of piperazine rings is 1. The van der Waals surface area contributed by atoms with E-state index in [1.165, 1.54) is 0 Å². The Bertz CT molecular complexity index is 485. The minimum atomic E-state index is -0.0360. The van der Waals surface area contributed by atoms with E-state index in [9.17, 15) is 4.79 Å². The topological polar surface area (TPSA) is 54.0 Å². The number of hydrogen-bond donors (Lipinski definition) is 1. The molecule has 1 aromatic carbocycles. The summed E-state index contributed by atoms with van der Waals surface area (Å²) in [5.74, 6) is 1.28. The average molecular weight is 293 g/mol. The second-order valence-electron chi connectivity index (χ2n) is 5.19. The quantitative estimate of drug-likeness (QED) is 0.874. The predicted octanol–water partition coefficient (Wildman–Crippen LogP) is 0.890. The molecule has 0 saturated carbocycles. The molecule has 1 saturated heterocycles. The SMILES string of the molecule is COc1ccc(OC)c(NC(=O)CN2CCN(C)CC2)c1. The van der Waals surface area contributed by atoms with E-state index >= 15 is 0 Å². The van der Waals surface area contributed by atoms with Crippen molar-refractivity contribution in [3.05, 3.63) is 18.2 Å². The van der Waals surface area contributed by atoms with Gasteiger partial charge in [-0.3, -0.25) is 9.69 Å². The number of carbonyl (C=O) groups is 1. The van der Waals surface area contributed by atoms with Crippen LogP contribution in [0, 0.1) is 0 Å². The summed E-state index contributed by atoms with van der Waals surface area (Å²) in [6, 6.07) is 5.35. The van der Waals surface area contributed by atoms with Gasteiger partial charge in [0.2, 0.25) is 5.91 Å². The molecule has 1 aliphatic heterocycles. The fraction of sp³-hybridized carbons (Fsp3) is 0.533. The number of nitrogens with zero attached hydrogens (tertiary/aromatic N) is 2. The van der Waals surface area contributed by atoms with Crippen LogP contribution in [-0.4, -0.2) is 69.7 Å². The first-order valence-electron chi connectivity index (χ1n) is 7.05. The minimum absolute atomic E-state index is 0.0360. The third kappa shape index (κ3) is 4.34. The molecule has 0 radical (unpaired) electrons. The Labute approximate surface area is 125 Å². The first-order valence-corrected chi connectivity index (χ1v) is 7.05. The monoisotopic (exact) mass is 293 g/mol. The minimum Gasteiger partial charge on any atom is -0.497 e. The highest BCUT2D eigenvalue weighted by atomic mass is 16.5. The largest absolute Gasteiger partial charge is 0.497 e. The van der Waals surface area contributed by atoms with E-state index in [2.05, 4.69) is 22.2 Å². The number of amides is 1. The Morgan fingerprint density at radius 1 is 1.19 bits per heavy atom. The second-order valence-corrected chi connectivity index (χ2v) is 5.19. The molecule has 0 unspecified atom stereocenters. The van der Waals surface area contributed by atoms with Crippen molar-refractivity contribution in [1.29, 1.82) is 0 Å². The molecule has 2 rings (SSSR count). The summed E-state index contributed by atoms with van der Waals surface area (Å²) in [4.78, 5) is 16.6. The normalized spacial score (nSPS) is 16.5. The number of likely N-dealkylation sites (N-methyl/N-ethyl adjacent to an activating group) is 1. The fourth-order valence-electron chi connectivity index (χ4n) is 2.31. The lowest BCUT2D eigenvalue weighted by Gasteiger charge is -2.31. The maximum absolute atomic E-state index is 12.2. The lowest BCUT2D eigenvalue weighted by Crippen LogP contribution is -2.47. The molecule has 0 atom stereocenters. The number of benzene rings is 1. The van der Waals surface area contributed by atoms with Gasteiger partial charge in [0.25, 0.3) is 0 Å². The Balaban J connectivity index is 1.95. The van der Waals surface area contributed by atoms with E-state index in [0.717, 1.165) is 26.2 Å². The van der Waals surface area contributed by atoms with Crippen LogP contribution in [0.15, 0.2) is 18.2 Å². The number of methoxy groups -OCH3 is 2. The van der Waals surface area contributed by atoms with Crippen LogP contribution in [0.25, 0.3) is 0 Å². The van der Waals surface area contributed by atoms with E-state index in [1.807, 2.05) is 0 Å². The molecule has 1 fully saturated rings. The van der Waals surface area contributed by atoms with E-state index in [4.69, 9.17) is 9.47 Å². The smallest absolute Gasteiger partial charge is 0.238 e. The molecular formula is C15H23N3O3. The standard InChI is InChI=1S/C15H23N3O3/c1-17-6-8-18(9-7-17)11-15(19)16-13-10-12(20-2)4-5-14(13)21-3/h4-5,10H,6-9,11H2,1-3H3,(H,16,19). The number of rotatable bonds is 5. The van der Waals surface area contributed by atoms with Crippen LogP contribution in [0.1, 0.15) is 0 Å². The van der Waals surface area contributed by atoms with E-state index in [0.29, 0.717) is 23.7 Å². The van der Waals surface area contributed by atoms with Crippen molar-refractivity contribution in [2.75, 3.05) is 59.3 Å². The fourth-order valence-corrected chi connectivity index (χ4v) is 2.31. The van der Waals surface area contributed by atoms with Crippen molar-refractivity contribution in [3.8, 4) is 11.5 Å². The summed E-state index contributed by atoms with van der Waals surface area (Å²) in [6.07, 6.45) is 0. The van der Waals surface area contributed by atoms with Crippen LogP contribution in [-0.2, 0) is 4.79 Å². The van der Waals surface area contributed by atoms with Gasteiger partial charge in [0.1, 0.15) is 11.5 Å². The van der Waals surface area contributed by atoms with Crippen LogP contribution in [0.2, 0.25) is 0 Å². The van der Waals surface area contributed by atoms with Crippen LogP contribution in [0.3, 0.4) is 0 Å². The van der Waals surface area contributed by atoms with Crippen molar-refractivity contribution < 1.29 is 14.3 Å². The third-order valence-corrected chi connectivity index (χ3v) is 3.64. The molecule has 1 aliphatic rings. The third-order valence-electron chi connectivity index (χ3n) is 3.64. The molecule has 6 nitrogen and oxygen atoms in total. The van der Waals surface area contributed by atoms with Crippen molar-refractivity contribution in [1.82, 2.24) is 9.80 Å². The van der Waals surface area contributed by atoms with E-state index < -0.39 is 0 Å². The number of carbonyl (C=O) groups excluding carboxylic acids is 1. The number of nitrogens with one attached hydrogen (secondary N) is 1. The highest BCUT2D eigenvalue weighted by Crippen LogP contribution is 2.28. The van der Waals surface area contributed by atoms with E-state index in [1.54, 1.807) is 32.4 Å². The van der Waals surface area contributed by atoms with Gasteiger partial charge < -0.3 is 19.7 Å². The number of anilines is 1. The molecular weight excluding hydrogens is 270 g/mol. The first kappa shape index (κ1) is 15.6. The predicted molar refractivity (Wildman–Crippen MR) is 82.1 cm³/mol. The van der Waals surface area contributed by atoms with Gasteiger partial charge >= 0.3 is 0 Å². The lowest BCUT2D eigenvalue weighted by molar-refractivity contribution is -0.117. The molecule has 21 heavy (non-hydrogen) atoms. The van der Waals surface area contributed by atoms with Gasteiger partial charge in [-0.15, -0.1) is 0 Å². The van der Waals surface area contributed by atoms with Gasteiger partial charge in [-0.2, -0.15) is 0 Å². The highest BCUT2D eigenvalue weighted by molar-refractivity contribution is 5.94. The molecule has 0 aromatic heterocycles.